The van der Waals surface area contributed by atoms with Crippen LogP contribution in [0.4, 0.5) is 5.69 Å². The molecule has 0 aliphatic carbocycles. The molecule has 174 valence electrons. The minimum Gasteiger partial charge on any atom is -0.497 e. The molecule has 0 spiro atoms. The fourth-order valence-electron chi connectivity index (χ4n) is 4.21. The molecule has 1 heterocycles. The summed E-state index contributed by atoms with van der Waals surface area (Å²) in [4.78, 5) is 25.9. The third kappa shape index (κ3) is 5.20. The first-order valence-corrected chi connectivity index (χ1v) is 11.5. The second kappa shape index (κ2) is 9.56. The average molecular weight is 455 g/mol. The van der Waals surface area contributed by atoms with Crippen molar-refractivity contribution in [3.05, 3.63) is 101 Å². The van der Waals surface area contributed by atoms with Gasteiger partial charge in [0.15, 0.2) is 5.78 Å². The van der Waals surface area contributed by atoms with Crippen LogP contribution in [0, 0.1) is 0 Å². The smallest absolute Gasteiger partial charge is 0.255 e. The summed E-state index contributed by atoms with van der Waals surface area (Å²) in [6.07, 6.45) is 3.40. The number of nitrogens with one attached hydrogen (secondary N) is 2. The van der Waals surface area contributed by atoms with Crippen LogP contribution in [0.2, 0.25) is 0 Å². The number of ketones is 1. The highest BCUT2D eigenvalue weighted by Crippen LogP contribution is 2.32. The third-order valence-electron chi connectivity index (χ3n) is 6.02. The molecular weight excluding hydrogens is 424 g/mol. The van der Waals surface area contributed by atoms with E-state index < -0.39 is 0 Å². The number of methoxy groups -OCH3 is 1. The first kappa shape index (κ1) is 23.3. The molecule has 0 fully saturated rings. The molecule has 0 unspecified atom stereocenters. The van der Waals surface area contributed by atoms with Crippen LogP contribution in [0.25, 0.3) is 5.70 Å². The highest BCUT2D eigenvalue weighted by atomic mass is 16.5. The van der Waals surface area contributed by atoms with Crippen molar-refractivity contribution in [3.63, 3.8) is 0 Å². The molecule has 3 aromatic carbocycles. The summed E-state index contributed by atoms with van der Waals surface area (Å²) in [5.41, 5.74) is 5.54. The summed E-state index contributed by atoms with van der Waals surface area (Å²) in [5.74, 6) is 0.398. The molecule has 3 aromatic rings. The van der Waals surface area contributed by atoms with E-state index >= 15 is 0 Å². The van der Waals surface area contributed by atoms with Crippen LogP contribution >= 0.6 is 0 Å². The lowest BCUT2D eigenvalue weighted by atomic mass is 9.85. The Kier molecular flexibility index (Phi) is 6.55. The Morgan fingerprint density at radius 1 is 1.03 bits per heavy atom. The summed E-state index contributed by atoms with van der Waals surface area (Å²) in [6, 6.07) is 20.5. The zero-order chi connectivity index (χ0) is 24.3. The lowest BCUT2D eigenvalue weighted by Gasteiger charge is -2.35. The van der Waals surface area contributed by atoms with E-state index in [4.69, 9.17) is 4.74 Å². The van der Waals surface area contributed by atoms with Crippen LogP contribution in [0.3, 0.4) is 0 Å². The highest BCUT2D eigenvalue weighted by molar-refractivity contribution is 6.10. The van der Waals surface area contributed by atoms with E-state index in [0.29, 0.717) is 16.8 Å². The fourth-order valence-corrected chi connectivity index (χ4v) is 4.21. The van der Waals surface area contributed by atoms with Gasteiger partial charge < -0.3 is 15.4 Å². The third-order valence-corrected chi connectivity index (χ3v) is 6.02. The van der Waals surface area contributed by atoms with E-state index in [2.05, 4.69) is 37.5 Å². The van der Waals surface area contributed by atoms with E-state index in [1.165, 1.54) is 11.1 Å². The van der Waals surface area contributed by atoms with Gasteiger partial charge in [-0.3, -0.25) is 9.59 Å². The summed E-state index contributed by atoms with van der Waals surface area (Å²) in [5, 5.41) is 6.39. The molecule has 2 N–H and O–H groups in total. The Labute approximate surface area is 200 Å². The lowest BCUT2D eigenvalue weighted by molar-refractivity contribution is 0.102. The van der Waals surface area contributed by atoms with Crippen molar-refractivity contribution in [1.29, 1.82) is 0 Å². The number of amides is 1. The first-order valence-electron chi connectivity index (χ1n) is 11.5. The predicted molar refractivity (Wildman–Crippen MR) is 136 cm³/mol. The summed E-state index contributed by atoms with van der Waals surface area (Å²) >= 11 is 0. The largest absolute Gasteiger partial charge is 0.497 e. The zero-order valence-corrected chi connectivity index (χ0v) is 20.1. The number of allylic oxidation sites excluding steroid dienone is 1. The van der Waals surface area contributed by atoms with Gasteiger partial charge in [-0.05, 0) is 74.2 Å². The van der Waals surface area contributed by atoms with Gasteiger partial charge in [0.2, 0.25) is 0 Å². The minimum absolute atomic E-state index is 0.141. The molecule has 34 heavy (non-hydrogen) atoms. The van der Waals surface area contributed by atoms with E-state index in [9.17, 15) is 9.59 Å². The maximum absolute atomic E-state index is 13.2. The number of hydrogen-bond donors (Lipinski definition) is 2. The van der Waals surface area contributed by atoms with Crippen molar-refractivity contribution in [3.8, 4) is 5.75 Å². The summed E-state index contributed by atoms with van der Waals surface area (Å²) in [6.45, 7) is 6.30. The highest BCUT2D eigenvalue weighted by Gasteiger charge is 2.28. The van der Waals surface area contributed by atoms with Gasteiger partial charge in [0, 0.05) is 39.7 Å². The van der Waals surface area contributed by atoms with Crippen LogP contribution < -0.4 is 15.4 Å². The van der Waals surface area contributed by atoms with Gasteiger partial charge in [-0.2, -0.15) is 0 Å². The monoisotopic (exact) mass is 454 g/mol. The number of benzene rings is 3. The van der Waals surface area contributed by atoms with Gasteiger partial charge >= 0.3 is 0 Å². The number of carbonyl (C=O) groups is 2. The van der Waals surface area contributed by atoms with E-state index in [1.807, 2.05) is 36.4 Å². The second-order valence-corrected chi connectivity index (χ2v) is 9.22. The number of rotatable bonds is 6. The SMILES string of the molecule is CCc1ccc(C(=O)Nc2cccc(C(=O)/C=C3\NC(C)(C)Cc4ccc(OC)cc43)c2)cc1. The molecule has 0 saturated heterocycles. The van der Waals surface area contributed by atoms with Gasteiger partial charge in [0.25, 0.3) is 5.91 Å². The van der Waals surface area contributed by atoms with Gasteiger partial charge in [0.1, 0.15) is 5.75 Å². The van der Waals surface area contributed by atoms with Crippen molar-refractivity contribution < 1.29 is 14.3 Å². The van der Waals surface area contributed by atoms with E-state index in [-0.39, 0.29) is 17.2 Å². The number of hydrogen-bond acceptors (Lipinski definition) is 4. The maximum Gasteiger partial charge on any atom is 0.255 e. The van der Waals surface area contributed by atoms with Gasteiger partial charge in [-0.25, -0.2) is 0 Å². The summed E-state index contributed by atoms with van der Waals surface area (Å²) in [7, 11) is 1.63. The Bertz CT molecular complexity index is 1260. The van der Waals surface area contributed by atoms with Crippen molar-refractivity contribution in [2.45, 2.75) is 39.2 Å². The Balaban J connectivity index is 1.58. The molecule has 0 radical (unpaired) electrons. The zero-order valence-electron chi connectivity index (χ0n) is 20.1. The number of anilines is 1. The van der Waals surface area contributed by atoms with Crippen LogP contribution in [-0.4, -0.2) is 24.3 Å². The number of carbonyl (C=O) groups excluding carboxylic acids is 2. The molecule has 0 aromatic heterocycles. The molecule has 1 aliphatic rings. The summed E-state index contributed by atoms with van der Waals surface area (Å²) < 4.78 is 5.39. The Morgan fingerprint density at radius 2 is 1.79 bits per heavy atom. The molecule has 0 bridgehead atoms. The maximum atomic E-state index is 13.2. The van der Waals surface area contributed by atoms with Crippen molar-refractivity contribution in [1.82, 2.24) is 5.32 Å². The topological polar surface area (TPSA) is 67.4 Å². The van der Waals surface area contributed by atoms with Gasteiger partial charge in [-0.15, -0.1) is 0 Å². The van der Waals surface area contributed by atoms with E-state index in [1.54, 1.807) is 37.5 Å². The number of ether oxygens (including phenoxy) is 1. The molecule has 1 amide bonds. The molecule has 0 atom stereocenters. The normalized spacial score (nSPS) is 15.2. The fraction of sp³-hybridized carbons (Fsp3) is 0.241. The Morgan fingerprint density at radius 3 is 2.50 bits per heavy atom. The standard InChI is InChI=1S/C29H30N2O3/c1-5-19-9-11-20(12-10-19)28(33)30-23-8-6-7-21(15-23)27(32)17-26-25-16-24(34-4)14-13-22(25)18-29(2,3)31-26/h6-17,31H,5,18H2,1-4H3,(H,30,33)/b26-17-. The predicted octanol–water partition coefficient (Wildman–Crippen LogP) is 5.66. The molecular formula is C29H30N2O3. The van der Waals surface area contributed by atoms with Crippen LogP contribution in [0.1, 0.15) is 58.2 Å². The lowest BCUT2D eigenvalue weighted by Crippen LogP contribution is -2.43. The number of fused-ring (bicyclic) bond motifs is 1. The minimum atomic E-state index is -0.206. The molecule has 1 aliphatic heterocycles. The van der Waals surface area contributed by atoms with Gasteiger partial charge in [0.05, 0.1) is 7.11 Å². The second-order valence-electron chi connectivity index (χ2n) is 9.22. The van der Waals surface area contributed by atoms with Crippen LogP contribution in [-0.2, 0) is 12.8 Å². The van der Waals surface area contributed by atoms with Crippen LogP contribution in [0.15, 0.2) is 72.8 Å². The molecule has 5 heteroatoms. The number of aryl methyl sites for hydroxylation is 1. The van der Waals surface area contributed by atoms with Crippen molar-refractivity contribution in [2.75, 3.05) is 12.4 Å². The van der Waals surface area contributed by atoms with Gasteiger partial charge in [-0.1, -0.05) is 37.3 Å². The van der Waals surface area contributed by atoms with Crippen LogP contribution in [0.5, 0.6) is 5.75 Å². The first-order chi connectivity index (χ1) is 16.3. The van der Waals surface area contributed by atoms with Crippen molar-refractivity contribution >= 4 is 23.1 Å². The quantitative estimate of drug-likeness (QED) is 0.373. The molecule has 5 nitrogen and oxygen atoms in total. The van der Waals surface area contributed by atoms with Crippen molar-refractivity contribution in [2.24, 2.45) is 0 Å². The average Bonchev–Trinajstić information content (AvgIpc) is 2.83. The Hall–Kier alpha value is -3.86. The van der Waals surface area contributed by atoms with E-state index in [0.717, 1.165) is 29.9 Å². The molecule has 4 rings (SSSR count). The molecule has 0 saturated carbocycles.